The van der Waals surface area contributed by atoms with Crippen molar-refractivity contribution in [3.8, 4) is 0 Å². The lowest BCUT2D eigenvalue weighted by atomic mass is 10.1. The Morgan fingerprint density at radius 1 is 1.00 bits per heavy atom. The summed E-state index contributed by atoms with van der Waals surface area (Å²) in [5.74, 6) is 0. The molecule has 0 aromatic heterocycles. The molecule has 0 radical (unpaired) electrons. The Labute approximate surface area is 115 Å². The third kappa shape index (κ3) is 2.72. The van der Waals surface area contributed by atoms with Gasteiger partial charge in [0, 0.05) is 25.2 Å². The monoisotopic (exact) mass is 296 g/mol. The lowest BCUT2D eigenvalue weighted by Crippen LogP contribution is -3.00. The van der Waals surface area contributed by atoms with Crippen molar-refractivity contribution >= 4 is 0 Å². The summed E-state index contributed by atoms with van der Waals surface area (Å²) in [7, 11) is 0. The lowest BCUT2D eigenvalue weighted by molar-refractivity contribution is -0.953. The minimum atomic E-state index is 0. The largest absolute Gasteiger partial charge is 1.00 e. The van der Waals surface area contributed by atoms with Gasteiger partial charge in [-0.2, -0.15) is 0 Å². The van der Waals surface area contributed by atoms with E-state index in [0.717, 1.165) is 0 Å². The molecule has 17 heavy (non-hydrogen) atoms. The molecule has 0 unspecified atom stereocenters. The second-order valence-electron chi connectivity index (χ2n) is 5.50. The zero-order valence-corrected chi connectivity index (χ0v) is 12.1. The van der Waals surface area contributed by atoms with E-state index in [1.54, 1.807) is 0 Å². The first kappa shape index (κ1) is 13.1. The van der Waals surface area contributed by atoms with E-state index in [-0.39, 0.29) is 17.0 Å². The molecule has 0 N–H and O–H groups in total. The number of aryl methyl sites for hydroxylation is 1. The normalized spacial score (nSPS) is 31.0. The predicted octanol–water partition coefficient (Wildman–Crippen LogP) is -1.35. The van der Waals surface area contributed by atoms with Crippen LogP contribution in [0.1, 0.15) is 11.1 Å². The van der Waals surface area contributed by atoms with Crippen LogP contribution in [0.2, 0.25) is 0 Å². The Kier molecular flexibility index (Phi) is 3.91. The van der Waals surface area contributed by atoms with Gasteiger partial charge in [-0.25, -0.2) is 0 Å². The molecule has 2 bridgehead atoms. The summed E-state index contributed by atoms with van der Waals surface area (Å²) < 4.78 is 1.33. The van der Waals surface area contributed by atoms with Crippen LogP contribution in [0.4, 0.5) is 0 Å². The summed E-state index contributed by atoms with van der Waals surface area (Å²) in [6, 6.07) is 9.11. The summed E-state index contributed by atoms with van der Waals surface area (Å²) in [6.45, 7) is 11.4. The average molecular weight is 297 g/mol. The summed E-state index contributed by atoms with van der Waals surface area (Å²) in [4.78, 5) is 2.61. The van der Waals surface area contributed by atoms with Gasteiger partial charge in [0.15, 0.2) is 0 Å². The molecular formula is C14H21BrN2. The summed E-state index contributed by atoms with van der Waals surface area (Å²) >= 11 is 0. The van der Waals surface area contributed by atoms with Crippen LogP contribution in [-0.4, -0.2) is 48.7 Å². The average Bonchev–Trinajstić information content (AvgIpc) is 2.34. The number of piperazine rings is 3. The lowest BCUT2D eigenvalue weighted by Gasteiger charge is -2.50. The molecular weight excluding hydrogens is 276 g/mol. The third-order valence-corrected chi connectivity index (χ3v) is 4.31. The molecule has 1 aromatic carbocycles. The van der Waals surface area contributed by atoms with E-state index in [9.17, 15) is 0 Å². The van der Waals surface area contributed by atoms with Gasteiger partial charge in [0.2, 0.25) is 0 Å². The first-order valence-electron chi connectivity index (χ1n) is 6.39. The van der Waals surface area contributed by atoms with Crippen LogP contribution in [0.3, 0.4) is 0 Å². The molecule has 0 amide bonds. The van der Waals surface area contributed by atoms with Gasteiger partial charge in [0.05, 0.1) is 19.6 Å². The number of fused-ring (bicyclic) bond motifs is 3. The van der Waals surface area contributed by atoms with Crippen molar-refractivity contribution < 1.29 is 21.5 Å². The third-order valence-electron chi connectivity index (χ3n) is 4.31. The van der Waals surface area contributed by atoms with Crippen molar-refractivity contribution in [3.05, 3.63) is 35.4 Å². The van der Waals surface area contributed by atoms with E-state index in [1.807, 2.05) is 0 Å². The number of rotatable bonds is 2. The highest BCUT2D eigenvalue weighted by Gasteiger charge is 2.38. The van der Waals surface area contributed by atoms with E-state index in [1.165, 1.54) is 61.4 Å². The first-order valence-corrected chi connectivity index (χ1v) is 6.39. The van der Waals surface area contributed by atoms with Gasteiger partial charge in [-0.05, 0) is 6.92 Å². The van der Waals surface area contributed by atoms with Gasteiger partial charge in [-0.1, -0.05) is 29.8 Å². The highest BCUT2D eigenvalue weighted by atomic mass is 79.9. The maximum atomic E-state index is 2.61. The quantitative estimate of drug-likeness (QED) is 0.610. The van der Waals surface area contributed by atoms with Gasteiger partial charge in [0.1, 0.15) is 6.54 Å². The van der Waals surface area contributed by atoms with Gasteiger partial charge in [0.25, 0.3) is 0 Å². The molecule has 0 saturated carbocycles. The minimum Gasteiger partial charge on any atom is -1.00 e. The molecule has 1 aromatic rings. The fourth-order valence-electron chi connectivity index (χ4n) is 3.05. The molecule has 3 heteroatoms. The van der Waals surface area contributed by atoms with Crippen LogP contribution in [0.25, 0.3) is 0 Å². The van der Waals surface area contributed by atoms with Crippen LogP contribution in [-0.2, 0) is 6.54 Å². The maximum Gasteiger partial charge on any atom is 0.104 e. The van der Waals surface area contributed by atoms with Crippen molar-refractivity contribution in [2.45, 2.75) is 13.5 Å². The first-order chi connectivity index (χ1) is 7.76. The second kappa shape index (κ2) is 5.09. The molecule has 3 aliphatic rings. The van der Waals surface area contributed by atoms with Gasteiger partial charge in [-0.15, -0.1) is 0 Å². The Balaban J connectivity index is 0.00000108. The number of nitrogens with zero attached hydrogens (tertiary/aromatic N) is 2. The predicted molar refractivity (Wildman–Crippen MR) is 66.2 cm³/mol. The number of halogens is 1. The van der Waals surface area contributed by atoms with E-state index in [4.69, 9.17) is 0 Å². The summed E-state index contributed by atoms with van der Waals surface area (Å²) in [5.41, 5.74) is 2.88. The molecule has 3 aliphatic heterocycles. The van der Waals surface area contributed by atoms with Crippen molar-refractivity contribution in [1.82, 2.24) is 4.90 Å². The summed E-state index contributed by atoms with van der Waals surface area (Å²) in [5, 5.41) is 0. The molecule has 2 nitrogen and oxygen atoms in total. The van der Waals surface area contributed by atoms with E-state index < -0.39 is 0 Å². The van der Waals surface area contributed by atoms with Gasteiger partial charge in [-0.3, -0.25) is 4.90 Å². The van der Waals surface area contributed by atoms with Crippen LogP contribution in [0.5, 0.6) is 0 Å². The SMILES string of the molecule is Cc1ccc(C[N+]23CCN(CC2)CC3)cc1.[Br-]. The van der Waals surface area contributed by atoms with E-state index in [0.29, 0.717) is 0 Å². The molecule has 0 atom stereocenters. The standard InChI is InChI=1S/C14H21N2.BrH/c1-13-2-4-14(5-3-13)12-16-9-6-15(7-10-16)8-11-16;/h2-5H,6-12H2,1H3;1H/q+1;/p-1. The Morgan fingerprint density at radius 3 is 2.06 bits per heavy atom. The van der Waals surface area contributed by atoms with Crippen molar-refractivity contribution in [1.29, 1.82) is 0 Å². The number of quaternary nitrogens is 1. The van der Waals surface area contributed by atoms with Gasteiger partial charge >= 0.3 is 0 Å². The minimum absolute atomic E-state index is 0. The van der Waals surface area contributed by atoms with Crippen LogP contribution < -0.4 is 17.0 Å². The van der Waals surface area contributed by atoms with Gasteiger partial charge < -0.3 is 21.5 Å². The fraction of sp³-hybridized carbons (Fsp3) is 0.571. The van der Waals surface area contributed by atoms with Crippen molar-refractivity contribution in [2.75, 3.05) is 39.3 Å². The zero-order valence-electron chi connectivity index (χ0n) is 10.5. The molecule has 94 valence electrons. The van der Waals surface area contributed by atoms with E-state index >= 15 is 0 Å². The smallest absolute Gasteiger partial charge is 0.104 e. The number of benzene rings is 1. The Hall–Kier alpha value is -0.380. The number of hydrogen-bond donors (Lipinski definition) is 0. The Bertz CT molecular complexity index is 353. The molecule has 4 rings (SSSR count). The molecule has 3 saturated heterocycles. The molecule has 0 aliphatic carbocycles. The summed E-state index contributed by atoms with van der Waals surface area (Å²) in [6.07, 6.45) is 0. The Morgan fingerprint density at radius 2 is 1.53 bits per heavy atom. The van der Waals surface area contributed by atoms with Crippen molar-refractivity contribution in [3.63, 3.8) is 0 Å². The molecule has 3 fully saturated rings. The van der Waals surface area contributed by atoms with E-state index in [2.05, 4.69) is 36.1 Å². The number of hydrogen-bond acceptors (Lipinski definition) is 1. The fourth-order valence-corrected chi connectivity index (χ4v) is 3.05. The van der Waals surface area contributed by atoms with Crippen LogP contribution in [0.15, 0.2) is 24.3 Å². The maximum absolute atomic E-state index is 2.61. The van der Waals surface area contributed by atoms with Crippen molar-refractivity contribution in [2.24, 2.45) is 0 Å². The zero-order chi connectivity index (χ0) is 11.0. The van der Waals surface area contributed by atoms with Crippen LogP contribution in [0, 0.1) is 6.92 Å². The van der Waals surface area contributed by atoms with Crippen LogP contribution >= 0.6 is 0 Å². The highest BCUT2D eigenvalue weighted by Crippen LogP contribution is 2.23. The molecule has 0 spiro atoms. The second-order valence-corrected chi connectivity index (χ2v) is 5.50. The topological polar surface area (TPSA) is 3.24 Å². The molecule has 3 heterocycles. The highest BCUT2D eigenvalue weighted by molar-refractivity contribution is 5.20.